The Morgan fingerprint density at radius 1 is 1.33 bits per heavy atom. The number of aliphatic hydroxyl groups excluding tert-OH is 1. The van der Waals surface area contributed by atoms with Crippen LogP contribution in [0.3, 0.4) is 0 Å². The quantitative estimate of drug-likeness (QED) is 0.617. The fourth-order valence-electron chi connectivity index (χ4n) is 1.69. The summed E-state index contributed by atoms with van der Waals surface area (Å²) in [4.78, 5) is 15.0. The van der Waals surface area contributed by atoms with Gasteiger partial charge in [-0.15, -0.1) is 0 Å². The number of anilines is 1. The molecule has 0 unspecified atom stereocenters. The molecule has 1 aromatic rings. The van der Waals surface area contributed by atoms with Crippen molar-refractivity contribution in [3.8, 4) is 0 Å². The summed E-state index contributed by atoms with van der Waals surface area (Å²) in [6.07, 6.45) is 5.19. The zero-order valence-electron chi connectivity index (χ0n) is 10.6. The number of aryl methyl sites for hydroxylation is 1. The fraction of sp³-hybridized carbons (Fsp3) is 0.538. The number of nitrogens with one attached hydrogen (secondary N) is 1. The van der Waals surface area contributed by atoms with Crippen LogP contribution < -0.4 is 5.32 Å². The maximum absolute atomic E-state index is 11.0. The molecular weight excluding hydrogens is 232 g/mol. The topological polar surface area (TPSA) is 82.5 Å². The molecule has 0 aliphatic carbocycles. The van der Waals surface area contributed by atoms with Crippen LogP contribution in [0.5, 0.6) is 0 Å². The summed E-state index contributed by atoms with van der Waals surface area (Å²) in [6, 6.07) is 1.75. The Balaban J connectivity index is 2.45. The van der Waals surface area contributed by atoms with E-state index in [1.807, 2.05) is 6.92 Å². The molecule has 0 saturated carbocycles. The van der Waals surface area contributed by atoms with Crippen molar-refractivity contribution in [2.75, 3.05) is 18.5 Å². The van der Waals surface area contributed by atoms with Crippen molar-refractivity contribution in [2.45, 2.75) is 32.6 Å². The van der Waals surface area contributed by atoms with Crippen LogP contribution in [-0.2, 0) is 0 Å². The van der Waals surface area contributed by atoms with Gasteiger partial charge in [0.05, 0.1) is 5.69 Å². The van der Waals surface area contributed by atoms with Crippen molar-refractivity contribution in [1.29, 1.82) is 0 Å². The largest absolute Gasteiger partial charge is 0.478 e. The van der Waals surface area contributed by atoms with Crippen molar-refractivity contribution in [1.82, 2.24) is 4.98 Å². The average molecular weight is 252 g/mol. The zero-order valence-corrected chi connectivity index (χ0v) is 10.6. The first kappa shape index (κ1) is 14.4. The van der Waals surface area contributed by atoms with E-state index >= 15 is 0 Å². The van der Waals surface area contributed by atoms with Crippen LogP contribution in [-0.4, -0.2) is 34.3 Å². The second-order valence-electron chi connectivity index (χ2n) is 4.24. The van der Waals surface area contributed by atoms with E-state index in [-0.39, 0.29) is 12.2 Å². The van der Waals surface area contributed by atoms with E-state index in [4.69, 9.17) is 10.2 Å². The number of unbranched alkanes of at least 4 members (excludes halogenated alkanes) is 3. The summed E-state index contributed by atoms with van der Waals surface area (Å²) in [5.74, 6) is -0.967. The molecule has 0 aliphatic rings. The molecule has 1 rings (SSSR count). The number of aromatic carboxylic acids is 1. The number of hydrogen-bond acceptors (Lipinski definition) is 4. The van der Waals surface area contributed by atoms with E-state index in [0.717, 1.165) is 37.9 Å². The summed E-state index contributed by atoms with van der Waals surface area (Å²) in [7, 11) is 0. The Morgan fingerprint density at radius 2 is 2.06 bits per heavy atom. The highest BCUT2D eigenvalue weighted by molar-refractivity contribution is 5.93. The van der Waals surface area contributed by atoms with Gasteiger partial charge in [-0.1, -0.05) is 12.8 Å². The van der Waals surface area contributed by atoms with Crippen molar-refractivity contribution in [2.24, 2.45) is 0 Å². The lowest BCUT2D eigenvalue weighted by Crippen LogP contribution is -2.09. The number of aliphatic hydroxyl groups is 1. The van der Waals surface area contributed by atoms with Crippen LogP contribution in [0.25, 0.3) is 0 Å². The molecule has 0 fully saturated rings. The SMILES string of the molecule is Cc1cc(NCCCCCCO)c(C(=O)O)cn1. The minimum absolute atomic E-state index is 0.205. The fourth-order valence-corrected chi connectivity index (χ4v) is 1.69. The molecule has 0 atom stereocenters. The van der Waals surface area contributed by atoms with E-state index in [1.54, 1.807) is 6.07 Å². The third-order valence-corrected chi connectivity index (χ3v) is 2.67. The molecule has 0 spiro atoms. The molecular formula is C13H20N2O3. The molecule has 5 nitrogen and oxygen atoms in total. The molecule has 0 aliphatic heterocycles. The molecule has 18 heavy (non-hydrogen) atoms. The van der Waals surface area contributed by atoms with Gasteiger partial charge < -0.3 is 15.5 Å². The summed E-state index contributed by atoms with van der Waals surface area (Å²) in [5.41, 5.74) is 1.62. The van der Waals surface area contributed by atoms with Crippen molar-refractivity contribution < 1.29 is 15.0 Å². The molecule has 1 heterocycles. The maximum Gasteiger partial charge on any atom is 0.339 e. The number of carbonyl (C=O) groups is 1. The van der Waals surface area contributed by atoms with Gasteiger partial charge in [-0.05, 0) is 25.8 Å². The number of hydrogen-bond donors (Lipinski definition) is 3. The Bertz CT molecular complexity index is 394. The van der Waals surface area contributed by atoms with E-state index in [2.05, 4.69) is 10.3 Å². The molecule has 5 heteroatoms. The van der Waals surface area contributed by atoms with Crippen LogP contribution in [0.2, 0.25) is 0 Å². The van der Waals surface area contributed by atoms with Gasteiger partial charge in [-0.25, -0.2) is 4.79 Å². The van der Waals surface area contributed by atoms with E-state index < -0.39 is 5.97 Å². The standard InChI is InChI=1S/C13H20N2O3/c1-10-8-12(11(9-15-10)13(17)18)14-6-4-2-3-5-7-16/h8-9,16H,2-7H2,1H3,(H,14,15)(H,17,18). The van der Waals surface area contributed by atoms with Gasteiger partial charge in [0.2, 0.25) is 0 Å². The number of aromatic nitrogens is 1. The maximum atomic E-state index is 11.0. The molecule has 100 valence electrons. The third-order valence-electron chi connectivity index (χ3n) is 2.67. The van der Waals surface area contributed by atoms with Crippen molar-refractivity contribution in [3.63, 3.8) is 0 Å². The highest BCUT2D eigenvalue weighted by Crippen LogP contribution is 2.15. The van der Waals surface area contributed by atoms with Gasteiger partial charge in [-0.3, -0.25) is 4.98 Å². The van der Waals surface area contributed by atoms with Gasteiger partial charge in [0.25, 0.3) is 0 Å². The lowest BCUT2D eigenvalue weighted by molar-refractivity contribution is 0.0697. The number of carboxylic acids is 1. The van der Waals surface area contributed by atoms with Crippen LogP contribution in [0.4, 0.5) is 5.69 Å². The first-order valence-electron chi connectivity index (χ1n) is 6.20. The van der Waals surface area contributed by atoms with Gasteiger partial charge in [0.15, 0.2) is 0 Å². The summed E-state index contributed by atoms with van der Waals surface area (Å²) >= 11 is 0. The molecule has 0 aromatic carbocycles. The van der Waals surface area contributed by atoms with Gasteiger partial charge in [-0.2, -0.15) is 0 Å². The van der Waals surface area contributed by atoms with Gasteiger partial charge in [0, 0.05) is 25.0 Å². The number of pyridine rings is 1. The Morgan fingerprint density at radius 3 is 2.72 bits per heavy atom. The highest BCUT2D eigenvalue weighted by atomic mass is 16.4. The minimum Gasteiger partial charge on any atom is -0.478 e. The minimum atomic E-state index is -0.967. The number of nitrogens with zero attached hydrogens (tertiary/aromatic N) is 1. The summed E-state index contributed by atoms with van der Waals surface area (Å²) in [6.45, 7) is 2.80. The van der Waals surface area contributed by atoms with Gasteiger partial charge in [0.1, 0.15) is 5.56 Å². The molecule has 1 aromatic heterocycles. The first-order chi connectivity index (χ1) is 8.65. The van der Waals surface area contributed by atoms with E-state index in [1.165, 1.54) is 6.20 Å². The Labute approximate surface area is 107 Å². The predicted molar refractivity (Wildman–Crippen MR) is 70.0 cm³/mol. The highest BCUT2D eigenvalue weighted by Gasteiger charge is 2.10. The molecule has 3 N–H and O–H groups in total. The predicted octanol–water partition coefficient (Wildman–Crippen LogP) is 2.05. The molecule has 0 radical (unpaired) electrons. The Hall–Kier alpha value is -1.62. The molecule has 0 amide bonds. The van der Waals surface area contributed by atoms with Crippen LogP contribution in [0, 0.1) is 6.92 Å². The monoisotopic (exact) mass is 252 g/mol. The van der Waals surface area contributed by atoms with Crippen LogP contribution in [0.15, 0.2) is 12.3 Å². The lowest BCUT2D eigenvalue weighted by atomic mass is 10.2. The van der Waals surface area contributed by atoms with Gasteiger partial charge >= 0.3 is 5.97 Å². The molecule has 0 saturated heterocycles. The van der Waals surface area contributed by atoms with E-state index in [9.17, 15) is 4.79 Å². The van der Waals surface area contributed by atoms with Crippen LogP contribution >= 0.6 is 0 Å². The second kappa shape index (κ2) is 7.66. The number of rotatable bonds is 8. The van der Waals surface area contributed by atoms with Crippen molar-refractivity contribution >= 4 is 11.7 Å². The first-order valence-corrected chi connectivity index (χ1v) is 6.20. The normalized spacial score (nSPS) is 10.3. The molecule has 0 bridgehead atoms. The Kier molecular flexibility index (Phi) is 6.14. The smallest absolute Gasteiger partial charge is 0.339 e. The summed E-state index contributed by atoms with van der Waals surface area (Å²) in [5, 5.41) is 20.8. The lowest BCUT2D eigenvalue weighted by Gasteiger charge is -2.09. The zero-order chi connectivity index (χ0) is 13.4. The van der Waals surface area contributed by atoms with E-state index in [0.29, 0.717) is 5.69 Å². The third kappa shape index (κ3) is 4.71. The average Bonchev–Trinajstić information content (AvgIpc) is 2.33. The second-order valence-corrected chi connectivity index (χ2v) is 4.24. The summed E-state index contributed by atoms with van der Waals surface area (Å²) < 4.78 is 0. The van der Waals surface area contributed by atoms with Crippen molar-refractivity contribution in [3.05, 3.63) is 23.5 Å². The van der Waals surface area contributed by atoms with Crippen LogP contribution in [0.1, 0.15) is 41.7 Å². The number of carboxylic acid groups (broad SMARTS) is 1.